The maximum atomic E-state index is 11.5. The first-order chi connectivity index (χ1) is 9.49. The predicted molar refractivity (Wildman–Crippen MR) is 74.6 cm³/mol. The molecular formula is C15H17N3O2. The van der Waals surface area contributed by atoms with Crippen LogP contribution >= 0.6 is 0 Å². The second-order valence-corrected chi connectivity index (χ2v) is 4.86. The van der Waals surface area contributed by atoms with Gasteiger partial charge in [-0.25, -0.2) is 4.98 Å². The predicted octanol–water partition coefficient (Wildman–Crippen LogP) is 2.21. The first kappa shape index (κ1) is 14.1. The number of aliphatic carboxylic acids is 1. The van der Waals surface area contributed by atoms with Gasteiger partial charge in [0, 0.05) is 0 Å². The van der Waals surface area contributed by atoms with E-state index in [1.165, 1.54) is 0 Å². The van der Waals surface area contributed by atoms with Gasteiger partial charge in [-0.05, 0) is 38.3 Å². The lowest BCUT2D eigenvalue weighted by molar-refractivity contribution is -0.139. The molecule has 0 aliphatic carbocycles. The second-order valence-electron chi connectivity index (χ2n) is 4.86. The molecule has 104 valence electrons. The van der Waals surface area contributed by atoms with Crippen LogP contribution in [0.3, 0.4) is 0 Å². The van der Waals surface area contributed by atoms with E-state index < -0.39 is 11.9 Å². The number of nitrogens with zero attached hydrogens (tertiary/aromatic N) is 3. The largest absolute Gasteiger partial charge is 0.481 e. The van der Waals surface area contributed by atoms with E-state index in [0.29, 0.717) is 17.8 Å². The molecule has 0 radical (unpaired) electrons. The van der Waals surface area contributed by atoms with Crippen LogP contribution in [0.1, 0.15) is 34.3 Å². The monoisotopic (exact) mass is 271 g/mol. The van der Waals surface area contributed by atoms with Gasteiger partial charge in [-0.2, -0.15) is 5.10 Å². The van der Waals surface area contributed by atoms with Crippen molar-refractivity contribution in [2.45, 2.75) is 33.1 Å². The summed E-state index contributed by atoms with van der Waals surface area (Å²) >= 11 is 0. The minimum Gasteiger partial charge on any atom is -0.481 e. The first-order valence-electron chi connectivity index (χ1n) is 6.44. The van der Waals surface area contributed by atoms with Crippen LogP contribution in [0.5, 0.6) is 0 Å². The Hall–Kier alpha value is -2.30. The lowest BCUT2D eigenvalue weighted by atomic mass is 9.95. The minimum absolute atomic E-state index is 0.267. The summed E-state index contributed by atoms with van der Waals surface area (Å²) in [4.78, 5) is 15.8. The highest BCUT2D eigenvalue weighted by molar-refractivity contribution is 5.75. The van der Waals surface area contributed by atoms with Crippen LogP contribution in [0.2, 0.25) is 0 Å². The molecule has 20 heavy (non-hydrogen) atoms. The quantitative estimate of drug-likeness (QED) is 0.922. The Morgan fingerprint density at radius 2 is 1.85 bits per heavy atom. The molecule has 2 aromatic rings. The summed E-state index contributed by atoms with van der Waals surface area (Å²) in [6, 6.07) is 7.73. The molecule has 0 bridgehead atoms. The fourth-order valence-electron chi connectivity index (χ4n) is 1.97. The topological polar surface area (TPSA) is 76.0 Å². The Kier molecular flexibility index (Phi) is 4.08. The molecule has 0 aliphatic heterocycles. The number of aryl methyl sites for hydroxylation is 3. The lowest BCUT2D eigenvalue weighted by Crippen LogP contribution is -2.19. The zero-order chi connectivity index (χ0) is 14.7. The number of carboxylic acids is 1. The summed E-state index contributed by atoms with van der Waals surface area (Å²) in [6.07, 6.45) is 0.367. The average molecular weight is 271 g/mol. The van der Waals surface area contributed by atoms with E-state index in [4.69, 9.17) is 0 Å². The molecule has 0 spiro atoms. The van der Waals surface area contributed by atoms with Gasteiger partial charge in [0.25, 0.3) is 0 Å². The van der Waals surface area contributed by atoms with E-state index in [9.17, 15) is 9.90 Å². The van der Waals surface area contributed by atoms with E-state index in [2.05, 4.69) is 15.2 Å². The normalized spacial score (nSPS) is 12.2. The fraction of sp³-hybridized carbons (Fsp3) is 0.333. The number of hydrogen-bond donors (Lipinski definition) is 1. The molecule has 1 atom stereocenters. The van der Waals surface area contributed by atoms with Gasteiger partial charge in [0.1, 0.15) is 5.92 Å². The van der Waals surface area contributed by atoms with Crippen molar-refractivity contribution in [3.8, 4) is 0 Å². The average Bonchev–Trinajstić information content (AvgIpc) is 2.41. The molecule has 0 fully saturated rings. The molecule has 0 aliphatic rings. The summed E-state index contributed by atoms with van der Waals surface area (Å²) in [5.41, 5.74) is 3.48. The van der Waals surface area contributed by atoms with Crippen molar-refractivity contribution in [1.82, 2.24) is 15.2 Å². The maximum absolute atomic E-state index is 11.5. The number of aromatic nitrogens is 3. The number of benzene rings is 1. The molecular weight excluding hydrogens is 254 g/mol. The summed E-state index contributed by atoms with van der Waals surface area (Å²) in [5.74, 6) is -1.44. The van der Waals surface area contributed by atoms with Crippen molar-refractivity contribution < 1.29 is 9.90 Å². The number of carbonyl (C=O) groups is 1. The fourth-order valence-corrected chi connectivity index (χ4v) is 1.97. The zero-order valence-electron chi connectivity index (χ0n) is 11.8. The van der Waals surface area contributed by atoms with E-state index >= 15 is 0 Å². The highest BCUT2D eigenvalue weighted by Crippen LogP contribution is 2.20. The molecule has 2 rings (SSSR count). The van der Waals surface area contributed by atoms with E-state index in [1.54, 1.807) is 13.8 Å². The Morgan fingerprint density at radius 1 is 1.15 bits per heavy atom. The Balaban J connectivity index is 2.34. The van der Waals surface area contributed by atoms with Gasteiger partial charge in [0.15, 0.2) is 5.82 Å². The van der Waals surface area contributed by atoms with Crippen molar-refractivity contribution >= 4 is 5.97 Å². The molecule has 1 N–H and O–H groups in total. The molecule has 5 nitrogen and oxygen atoms in total. The van der Waals surface area contributed by atoms with E-state index in [-0.39, 0.29) is 5.82 Å². The van der Waals surface area contributed by atoms with Gasteiger partial charge < -0.3 is 5.11 Å². The molecule has 0 amide bonds. The molecule has 0 saturated heterocycles. The first-order valence-corrected chi connectivity index (χ1v) is 6.44. The lowest BCUT2D eigenvalue weighted by Gasteiger charge is -2.13. The summed E-state index contributed by atoms with van der Waals surface area (Å²) in [6.45, 7) is 5.57. The van der Waals surface area contributed by atoms with Crippen LogP contribution in [0.25, 0.3) is 0 Å². The smallest absolute Gasteiger partial charge is 0.314 e. The van der Waals surface area contributed by atoms with Crippen LogP contribution in [0.4, 0.5) is 0 Å². The SMILES string of the molecule is Cc1ccccc1CC(C(=O)O)c1nnc(C)c(C)n1. The molecule has 1 heterocycles. The van der Waals surface area contributed by atoms with Crippen LogP contribution in [0.15, 0.2) is 24.3 Å². The Morgan fingerprint density at radius 3 is 2.45 bits per heavy atom. The number of rotatable bonds is 4. The third-order valence-corrected chi connectivity index (χ3v) is 3.40. The molecule has 1 aromatic heterocycles. The van der Waals surface area contributed by atoms with Crippen molar-refractivity contribution in [2.75, 3.05) is 0 Å². The Bertz CT molecular complexity index is 641. The van der Waals surface area contributed by atoms with Crippen molar-refractivity contribution in [1.29, 1.82) is 0 Å². The summed E-state index contributed by atoms with van der Waals surface area (Å²) in [5, 5.41) is 17.3. The van der Waals surface area contributed by atoms with Crippen molar-refractivity contribution in [3.63, 3.8) is 0 Å². The minimum atomic E-state index is -0.932. The van der Waals surface area contributed by atoms with E-state index in [1.807, 2.05) is 31.2 Å². The maximum Gasteiger partial charge on any atom is 0.314 e. The van der Waals surface area contributed by atoms with Crippen molar-refractivity contribution in [3.05, 3.63) is 52.6 Å². The van der Waals surface area contributed by atoms with Gasteiger partial charge in [0.05, 0.1) is 11.4 Å². The van der Waals surface area contributed by atoms with Crippen LogP contribution < -0.4 is 0 Å². The summed E-state index contributed by atoms with van der Waals surface area (Å²) in [7, 11) is 0. The van der Waals surface area contributed by atoms with Gasteiger partial charge in [-0.15, -0.1) is 5.10 Å². The van der Waals surface area contributed by atoms with Gasteiger partial charge in [-0.3, -0.25) is 4.79 Å². The Labute approximate surface area is 117 Å². The van der Waals surface area contributed by atoms with Gasteiger partial charge >= 0.3 is 5.97 Å². The van der Waals surface area contributed by atoms with Crippen LogP contribution in [-0.4, -0.2) is 26.3 Å². The number of carboxylic acid groups (broad SMARTS) is 1. The van der Waals surface area contributed by atoms with Crippen LogP contribution in [0, 0.1) is 20.8 Å². The third-order valence-electron chi connectivity index (χ3n) is 3.40. The second kappa shape index (κ2) is 5.77. The molecule has 5 heteroatoms. The molecule has 1 aromatic carbocycles. The standard InChI is InChI=1S/C15H17N3O2/c1-9-6-4-5-7-12(9)8-13(15(19)20)14-16-10(2)11(3)17-18-14/h4-7,13H,8H2,1-3H3,(H,19,20). The number of hydrogen-bond acceptors (Lipinski definition) is 4. The zero-order valence-corrected chi connectivity index (χ0v) is 11.8. The van der Waals surface area contributed by atoms with Crippen molar-refractivity contribution in [2.24, 2.45) is 0 Å². The molecule has 0 saturated carbocycles. The van der Waals surface area contributed by atoms with Gasteiger partial charge in [-0.1, -0.05) is 24.3 Å². The van der Waals surface area contributed by atoms with E-state index in [0.717, 1.165) is 11.1 Å². The molecule has 1 unspecified atom stereocenters. The van der Waals surface area contributed by atoms with Gasteiger partial charge in [0.2, 0.25) is 0 Å². The summed E-state index contributed by atoms with van der Waals surface area (Å²) < 4.78 is 0. The highest BCUT2D eigenvalue weighted by atomic mass is 16.4. The highest BCUT2D eigenvalue weighted by Gasteiger charge is 2.25. The van der Waals surface area contributed by atoms with Crippen LogP contribution in [-0.2, 0) is 11.2 Å². The third kappa shape index (κ3) is 2.99.